The van der Waals surface area contributed by atoms with Crippen molar-refractivity contribution in [3.63, 3.8) is 0 Å². The predicted octanol–water partition coefficient (Wildman–Crippen LogP) is 2.78. The molecule has 0 bridgehead atoms. The third kappa shape index (κ3) is 6.41. The zero-order valence-corrected chi connectivity index (χ0v) is 14.7. The number of carbonyl (C=O) groups is 2. The largest absolute Gasteiger partial charge is 0.490 e. The van der Waals surface area contributed by atoms with Gasteiger partial charge in [-0.2, -0.15) is 5.10 Å². The number of carbonyl (C=O) groups excluding carboxylic acids is 2. The molecule has 6 nitrogen and oxygen atoms in total. The highest BCUT2D eigenvalue weighted by molar-refractivity contribution is 6.30. The maximum atomic E-state index is 11.9. The van der Waals surface area contributed by atoms with Crippen molar-refractivity contribution in [3.05, 3.63) is 77.3 Å². The van der Waals surface area contributed by atoms with E-state index in [-0.39, 0.29) is 12.5 Å². The van der Waals surface area contributed by atoms with Crippen LogP contribution in [0.4, 0.5) is 0 Å². The fraction of sp³-hybridized carbons (Fsp3) is 0.105. The van der Waals surface area contributed by atoms with Gasteiger partial charge in [0.2, 0.25) is 0 Å². The molecular formula is C19H18ClN3O3. The van der Waals surface area contributed by atoms with E-state index >= 15 is 0 Å². The second-order valence-corrected chi connectivity index (χ2v) is 5.59. The Balaban J connectivity index is 1.75. The van der Waals surface area contributed by atoms with E-state index in [1.807, 2.05) is 0 Å². The van der Waals surface area contributed by atoms with Gasteiger partial charge in [0.1, 0.15) is 12.4 Å². The average Bonchev–Trinajstić information content (AvgIpc) is 2.66. The molecule has 0 atom stereocenters. The summed E-state index contributed by atoms with van der Waals surface area (Å²) in [5, 5.41) is 6.88. The Morgan fingerprint density at radius 3 is 2.46 bits per heavy atom. The molecule has 2 N–H and O–H groups in total. The SMILES string of the molecule is C=CCOc1ccc(/C=N/NC(=O)CNC(=O)c2ccc(Cl)cc2)cc1. The number of hydrogen-bond acceptors (Lipinski definition) is 4. The van der Waals surface area contributed by atoms with Crippen molar-refractivity contribution in [3.8, 4) is 5.75 Å². The monoisotopic (exact) mass is 371 g/mol. The fourth-order valence-electron chi connectivity index (χ4n) is 1.89. The normalized spacial score (nSPS) is 10.3. The Morgan fingerprint density at radius 2 is 1.81 bits per heavy atom. The highest BCUT2D eigenvalue weighted by atomic mass is 35.5. The second kappa shape index (κ2) is 10.0. The van der Waals surface area contributed by atoms with Crippen LogP contribution in [-0.2, 0) is 4.79 Å². The summed E-state index contributed by atoms with van der Waals surface area (Å²) in [4.78, 5) is 23.6. The van der Waals surface area contributed by atoms with Gasteiger partial charge < -0.3 is 10.1 Å². The number of halogens is 1. The molecule has 2 aromatic carbocycles. The molecule has 7 heteroatoms. The van der Waals surface area contributed by atoms with Gasteiger partial charge in [0.25, 0.3) is 11.8 Å². The first-order chi connectivity index (χ1) is 12.6. The molecule has 0 aliphatic carbocycles. The van der Waals surface area contributed by atoms with E-state index in [0.29, 0.717) is 17.2 Å². The summed E-state index contributed by atoms with van der Waals surface area (Å²) in [5.41, 5.74) is 3.56. The van der Waals surface area contributed by atoms with E-state index in [4.69, 9.17) is 16.3 Å². The molecule has 0 saturated carbocycles. The summed E-state index contributed by atoms with van der Waals surface area (Å²) >= 11 is 5.76. The van der Waals surface area contributed by atoms with Crippen LogP contribution in [0.3, 0.4) is 0 Å². The Labute approximate surface area is 156 Å². The highest BCUT2D eigenvalue weighted by Crippen LogP contribution is 2.11. The lowest BCUT2D eigenvalue weighted by atomic mass is 10.2. The van der Waals surface area contributed by atoms with Gasteiger partial charge in [-0.15, -0.1) is 0 Å². The molecule has 2 amide bonds. The summed E-state index contributed by atoms with van der Waals surface area (Å²) in [7, 11) is 0. The Kier molecular flexibility index (Phi) is 7.39. The molecule has 0 saturated heterocycles. The molecule has 0 fully saturated rings. The van der Waals surface area contributed by atoms with E-state index in [0.717, 1.165) is 11.3 Å². The highest BCUT2D eigenvalue weighted by Gasteiger charge is 2.07. The fourth-order valence-corrected chi connectivity index (χ4v) is 2.01. The van der Waals surface area contributed by atoms with Gasteiger partial charge in [-0.1, -0.05) is 24.3 Å². The van der Waals surface area contributed by atoms with Crippen molar-refractivity contribution < 1.29 is 14.3 Å². The number of hydrogen-bond donors (Lipinski definition) is 2. The first kappa shape index (κ1) is 19.2. The van der Waals surface area contributed by atoms with Crippen molar-refractivity contribution >= 4 is 29.6 Å². The van der Waals surface area contributed by atoms with Crippen LogP contribution in [0.1, 0.15) is 15.9 Å². The number of ether oxygens (including phenoxy) is 1. The van der Waals surface area contributed by atoms with Gasteiger partial charge in [-0.3, -0.25) is 9.59 Å². The summed E-state index contributed by atoms with van der Waals surface area (Å²) in [6, 6.07) is 13.6. The quantitative estimate of drug-likeness (QED) is 0.425. The van der Waals surface area contributed by atoms with Gasteiger partial charge in [0.15, 0.2) is 0 Å². The van der Waals surface area contributed by atoms with Crippen LogP contribution < -0.4 is 15.5 Å². The zero-order chi connectivity index (χ0) is 18.8. The van der Waals surface area contributed by atoms with E-state index in [2.05, 4.69) is 22.4 Å². The van der Waals surface area contributed by atoms with Crippen molar-refractivity contribution in [1.29, 1.82) is 0 Å². The van der Waals surface area contributed by atoms with Crippen LogP contribution in [0.15, 0.2) is 66.3 Å². The number of nitrogens with one attached hydrogen (secondary N) is 2. The van der Waals surface area contributed by atoms with E-state index in [1.165, 1.54) is 6.21 Å². The second-order valence-electron chi connectivity index (χ2n) is 5.15. The lowest BCUT2D eigenvalue weighted by Crippen LogP contribution is -2.34. The first-order valence-electron chi connectivity index (χ1n) is 7.78. The van der Waals surface area contributed by atoms with E-state index < -0.39 is 5.91 Å². The van der Waals surface area contributed by atoms with Crippen LogP contribution in [0.25, 0.3) is 0 Å². The van der Waals surface area contributed by atoms with Crippen LogP contribution in [0, 0.1) is 0 Å². The maximum absolute atomic E-state index is 11.9. The molecule has 2 aromatic rings. The van der Waals surface area contributed by atoms with Crippen molar-refractivity contribution in [2.24, 2.45) is 5.10 Å². The number of benzene rings is 2. The standard InChI is InChI=1S/C19H18ClN3O3/c1-2-11-26-17-9-3-14(4-10-17)12-22-23-18(24)13-21-19(25)15-5-7-16(20)8-6-15/h2-10,12H,1,11,13H2,(H,21,25)(H,23,24)/b22-12+. The van der Waals surface area contributed by atoms with Gasteiger partial charge in [-0.25, -0.2) is 5.43 Å². The average molecular weight is 372 g/mol. The molecule has 0 aliphatic rings. The van der Waals surface area contributed by atoms with Gasteiger partial charge >= 0.3 is 0 Å². The van der Waals surface area contributed by atoms with E-state index in [1.54, 1.807) is 54.6 Å². The minimum absolute atomic E-state index is 0.187. The first-order valence-corrected chi connectivity index (χ1v) is 8.15. The molecule has 0 radical (unpaired) electrons. The van der Waals surface area contributed by atoms with Crippen molar-refractivity contribution in [2.45, 2.75) is 0 Å². The third-order valence-corrected chi connectivity index (χ3v) is 3.42. The third-order valence-electron chi connectivity index (χ3n) is 3.17. The van der Waals surface area contributed by atoms with Gasteiger partial charge in [0, 0.05) is 10.6 Å². The number of hydrazone groups is 1. The number of rotatable bonds is 8. The molecule has 0 unspecified atom stereocenters. The lowest BCUT2D eigenvalue weighted by Gasteiger charge is -2.04. The number of amides is 2. The molecule has 0 spiro atoms. The Hall–Kier alpha value is -3.12. The van der Waals surface area contributed by atoms with Gasteiger partial charge in [0.05, 0.1) is 12.8 Å². The summed E-state index contributed by atoms with van der Waals surface area (Å²) in [6.45, 7) is 3.83. The summed E-state index contributed by atoms with van der Waals surface area (Å²) in [6.07, 6.45) is 3.16. The zero-order valence-electron chi connectivity index (χ0n) is 13.9. The Morgan fingerprint density at radius 1 is 1.12 bits per heavy atom. The molecule has 2 rings (SSSR count). The number of nitrogens with zero attached hydrogens (tertiary/aromatic N) is 1. The lowest BCUT2D eigenvalue weighted by molar-refractivity contribution is -0.120. The van der Waals surface area contributed by atoms with Crippen molar-refractivity contribution in [1.82, 2.24) is 10.7 Å². The maximum Gasteiger partial charge on any atom is 0.259 e. The molecule has 0 heterocycles. The minimum Gasteiger partial charge on any atom is -0.490 e. The minimum atomic E-state index is -0.436. The predicted molar refractivity (Wildman–Crippen MR) is 102 cm³/mol. The molecule has 26 heavy (non-hydrogen) atoms. The van der Waals surface area contributed by atoms with Crippen LogP contribution in [0.5, 0.6) is 5.75 Å². The Bertz CT molecular complexity index is 787. The summed E-state index contributed by atoms with van der Waals surface area (Å²) in [5.74, 6) is -0.0820. The van der Waals surface area contributed by atoms with Gasteiger partial charge in [-0.05, 0) is 54.1 Å². The summed E-state index contributed by atoms with van der Waals surface area (Å²) < 4.78 is 5.37. The van der Waals surface area contributed by atoms with Crippen LogP contribution >= 0.6 is 11.6 Å². The molecule has 0 aliphatic heterocycles. The molecule has 134 valence electrons. The smallest absolute Gasteiger partial charge is 0.259 e. The van der Waals surface area contributed by atoms with E-state index in [9.17, 15) is 9.59 Å². The molecule has 0 aromatic heterocycles. The molecular weight excluding hydrogens is 354 g/mol. The van der Waals surface area contributed by atoms with Crippen LogP contribution in [-0.4, -0.2) is 31.2 Å². The topological polar surface area (TPSA) is 79.8 Å². The van der Waals surface area contributed by atoms with Crippen LogP contribution in [0.2, 0.25) is 5.02 Å². The van der Waals surface area contributed by atoms with Crippen molar-refractivity contribution in [2.75, 3.05) is 13.2 Å².